The van der Waals surface area contributed by atoms with Gasteiger partial charge in [-0.05, 0) is 24.0 Å². The second-order valence-electron chi connectivity index (χ2n) is 4.51. The van der Waals surface area contributed by atoms with Crippen molar-refractivity contribution >= 4 is 0 Å². The Kier molecular flexibility index (Phi) is 2.85. The minimum absolute atomic E-state index is 0.147. The number of hydrogen-bond donors (Lipinski definition) is 1. The lowest BCUT2D eigenvalue weighted by molar-refractivity contribution is 0.0553. The molecule has 1 aliphatic rings. The molecule has 0 saturated heterocycles. The number of methoxy groups -OCH3 is 1. The van der Waals surface area contributed by atoms with Gasteiger partial charge in [-0.2, -0.15) is 0 Å². The Morgan fingerprint density at radius 2 is 2.40 bits per heavy atom. The van der Waals surface area contributed by atoms with Crippen LogP contribution in [0.1, 0.15) is 25.2 Å². The lowest BCUT2D eigenvalue weighted by atomic mass is 9.80. The van der Waals surface area contributed by atoms with Crippen molar-refractivity contribution in [3.05, 3.63) is 23.7 Å². The molecule has 0 aliphatic carbocycles. The van der Waals surface area contributed by atoms with Crippen molar-refractivity contribution in [2.75, 3.05) is 20.3 Å². The van der Waals surface area contributed by atoms with E-state index in [9.17, 15) is 0 Å². The summed E-state index contributed by atoms with van der Waals surface area (Å²) in [5.74, 6) is 1.51. The molecule has 1 atom stereocenters. The minimum atomic E-state index is -0.147. The summed E-state index contributed by atoms with van der Waals surface area (Å²) in [6.45, 7) is 6.05. The summed E-state index contributed by atoms with van der Waals surface area (Å²) in [5.41, 5.74) is 1.17. The number of fused-ring (bicyclic) bond motifs is 1. The molecule has 2 heterocycles. The van der Waals surface area contributed by atoms with Crippen molar-refractivity contribution in [3.8, 4) is 0 Å². The third-order valence-electron chi connectivity index (χ3n) is 3.34. The van der Waals surface area contributed by atoms with Crippen molar-refractivity contribution in [1.29, 1.82) is 0 Å². The Bertz CT molecular complexity index is 332. The highest BCUT2D eigenvalue weighted by Crippen LogP contribution is 2.35. The van der Waals surface area contributed by atoms with E-state index in [1.54, 1.807) is 13.4 Å². The van der Waals surface area contributed by atoms with Crippen LogP contribution in [0.5, 0.6) is 0 Å². The van der Waals surface area contributed by atoms with Crippen molar-refractivity contribution in [1.82, 2.24) is 5.32 Å². The van der Waals surface area contributed by atoms with Gasteiger partial charge in [0.25, 0.3) is 0 Å². The van der Waals surface area contributed by atoms with Gasteiger partial charge in [0, 0.05) is 13.7 Å². The number of hydrogen-bond acceptors (Lipinski definition) is 3. The van der Waals surface area contributed by atoms with Crippen LogP contribution in [-0.4, -0.2) is 20.3 Å². The fourth-order valence-electron chi connectivity index (χ4n) is 2.40. The molecule has 0 spiro atoms. The van der Waals surface area contributed by atoms with E-state index < -0.39 is 0 Å². The molecule has 15 heavy (non-hydrogen) atoms. The highest BCUT2D eigenvalue weighted by atomic mass is 16.5. The summed E-state index contributed by atoms with van der Waals surface area (Å²) in [7, 11) is 1.74. The Morgan fingerprint density at radius 1 is 1.60 bits per heavy atom. The zero-order valence-electron chi connectivity index (χ0n) is 9.67. The molecule has 0 aromatic carbocycles. The molecular formula is C12H19NO2. The summed E-state index contributed by atoms with van der Waals surface area (Å²) < 4.78 is 11.0. The van der Waals surface area contributed by atoms with Gasteiger partial charge in [-0.1, -0.05) is 13.8 Å². The number of nitrogens with one attached hydrogen (secondary N) is 1. The molecule has 2 rings (SSSR count). The van der Waals surface area contributed by atoms with Gasteiger partial charge in [0.2, 0.25) is 0 Å². The summed E-state index contributed by atoms with van der Waals surface area (Å²) in [6.07, 6.45) is 2.83. The van der Waals surface area contributed by atoms with Crippen LogP contribution in [0.4, 0.5) is 0 Å². The van der Waals surface area contributed by atoms with Gasteiger partial charge in [-0.15, -0.1) is 0 Å². The number of ether oxygens (including phenoxy) is 1. The molecule has 0 radical (unpaired) electrons. The van der Waals surface area contributed by atoms with Crippen LogP contribution in [0.25, 0.3) is 0 Å². The van der Waals surface area contributed by atoms with Gasteiger partial charge in [0.15, 0.2) is 0 Å². The molecule has 1 N–H and O–H groups in total. The van der Waals surface area contributed by atoms with Gasteiger partial charge in [0.05, 0.1) is 12.9 Å². The van der Waals surface area contributed by atoms with Crippen LogP contribution in [0.3, 0.4) is 0 Å². The van der Waals surface area contributed by atoms with Gasteiger partial charge in [0.1, 0.15) is 11.3 Å². The third-order valence-corrected chi connectivity index (χ3v) is 3.34. The highest BCUT2D eigenvalue weighted by molar-refractivity contribution is 5.29. The van der Waals surface area contributed by atoms with E-state index in [2.05, 4.69) is 25.2 Å². The van der Waals surface area contributed by atoms with Crippen molar-refractivity contribution in [3.63, 3.8) is 0 Å². The van der Waals surface area contributed by atoms with Crippen LogP contribution < -0.4 is 5.32 Å². The summed E-state index contributed by atoms with van der Waals surface area (Å²) >= 11 is 0. The van der Waals surface area contributed by atoms with Gasteiger partial charge in [-0.25, -0.2) is 0 Å². The Hall–Kier alpha value is -0.800. The maximum Gasteiger partial charge on any atom is 0.129 e. The van der Waals surface area contributed by atoms with Crippen LogP contribution in [0, 0.1) is 5.92 Å². The van der Waals surface area contributed by atoms with E-state index in [-0.39, 0.29) is 5.54 Å². The van der Waals surface area contributed by atoms with Crippen LogP contribution in [0.15, 0.2) is 16.7 Å². The highest BCUT2D eigenvalue weighted by Gasteiger charge is 2.42. The average molecular weight is 209 g/mol. The average Bonchev–Trinajstić information content (AvgIpc) is 2.66. The lowest BCUT2D eigenvalue weighted by Gasteiger charge is -2.39. The standard InChI is InChI=1S/C12H19NO2/c1-9(2)12(8-14-3)11-10(4-6-13-12)5-7-15-11/h5,7,9,13H,4,6,8H2,1-3H3. The molecule has 3 nitrogen and oxygen atoms in total. The molecule has 1 unspecified atom stereocenters. The summed E-state index contributed by atoms with van der Waals surface area (Å²) in [6, 6.07) is 2.07. The molecule has 84 valence electrons. The Balaban J connectivity index is 2.42. The first-order valence-corrected chi connectivity index (χ1v) is 5.51. The van der Waals surface area contributed by atoms with Crippen LogP contribution in [-0.2, 0) is 16.7 Å². The fourth-order valence-corrected chi connectivity index (χ4v) is 2.40. The first kappa shape index (κ1) is 10.7. The summed E-state index contributed by atoms with van der Waals surface area (Å²) in [5, 5.41) is 3.56. The van der Waals surface area contributed by atoms with E-state index in [1.807, 2.05) is 0 Å². The Morgan fingerprint density at radius 3 is 3.07 bits per heavy atom. The normalized spacial score (nSPS) is 25.6. The third kappa shape index (κ3) is 1.60. The first-order chi connectivity index (χ1) is 7.20. The fraction of sp³-hybridized carbons (Fsp3) is 0.667. The first-order valence-electron chi connectivity index (χ1n) is 5.51. The van der Waals surface area contributed by atoms with E-state index >= 15 is 0 Å². The zero-order valence-corrected chi connectivity index (χ0v) is 9.67. The minimum Gasteiger partial charge on any atom is -0.467 e. The van der Waals surface area contributed by atoms with E-state index in [4.69, 9.17) is 9.15 Å². The number of furan rings is 1. The predicted molar refractivity (Wildman–Crippen MR) is 58.8 cm³/mol. The second kappa shape index (κ2) is 3.99. The molecule has 3 heteroatoms. The smallest absolute Gasteiger partial charge is 0.129 e. The van der Waals surface area contributed by atoms with Crippen LogP contribution >= 0.6 is 0 Å². The largest absolute Gasteiger partial charge is 0.467 e. The van der Waals surface area contributed by atoms with E-state index in [1.165, 1.54) is 5.56 Å². The topological polar surface area (TPSA) is 34.4 Å². The lowest BCUT2D eigenvalue weighted by Crippen LogP contribution is -2.53. The maximum atomic E-state index is 5.64. The van der Waals surface area contributed by atoms with Gasteiger partial charge >= 0.3 is 0 Å². The Labute approximate surface area is 90.8 Å². The van der Waals surface area contributed by atoms with Gasteiger partial charge < -0.3 is 14.5 Å². The van der Waals surface area contributed by atoms with Gasteiger partial charge in [-0.3, -0.25) is 0 Å². The zero-order chi connectivity index (χ0) is 10.9. The monoisotopic (exact) mass is 209 g/mol. The molecular weight excluding hydrogens is 190 g/mol. The molecule has 0 fully saturated rings. The predicted octanol–water partition coefficient (Wildman–Crippen LogP) is 1.92. The maximum absolute atomic E-state index is 5.64. The van der Waals surface area contributed by atoms with Crippen LogP contribution in [0.2, 0.25) is 0 Å². The molecule has 0 amide bonds. The molecule has 0 saturated carbocycles. The quantitative estimate of drug-likeness (QED) is 0.826. The summed E-state index contributed by atoms with van der Waals surface area (Å²) in [4.78, 5) is 0. The van der Waals surface area contributed by atoms with E-state index in [0.29, 0.717) is 12.5 Å². The van der Waals surface area contributed by atoms with Crippen molar-refractivity contribution in [2.24, 2.45) is 5.92 Å². The molecule has 0 bridgehead atoms. The molecule has 1 aliphatic heterocycles. The SMILES string of the molecule is COCC1(C(C)C)NCCc2ccoc21. The van der Waals surface area contributed by atoms with E-state index in [0.717, 1.165) is 18.7 Å². The second-order valence-corrected chi connectivity index (χ2v) is 4.51. The van der Waals surface area contributed by atoms with Crippen molar-refractivity contribution < 1.29 is 9.15 Å². The van der Waals surface area contributed by atoms with Crippen molar-refractivity contribution in [2.45, 2.75) is 25.8 Å². The number of rotatable bonds is 3. The molecule has 1 aromatic heterocycles. The molecule has 1 aromatic rings.